The van der Waals surface area contributed by atoms with Gasteiger partial charge in [-0.3, -0.25) is 4.79 Å². The molecule has 9 heteroatoms. The zero-order chi connectivity index (χ0) is 25.6. The van der Waals surface area contributed by atoms with E-state index >= 15 is 8.78 Å². The van der Waals surface area contributed by atoms with Gasteiger partial charge in [0.1, 0.15) is 6.17 Å². The van der Waals surface area contributed by atoms with Crippen molar-refractivity contribution in [1.29, 1.82) is 0 Å². The van der Waals surface area contributed by atoms with Gasteiger partial charge < -0.3 is 19.4 Å². The maximum Gasteiger partial charge on any atom is 0.375 e. The Hall–Kier alpha value is -2.39. The number of alkyl halides is 2. The fraction of sp³-hybridized carbons (Fsp3) is 0.577. The molecule has 1 heterocycles. The number of thiocarbonyl (C=S) groups is 1. The Balaban J connectivity index is 1.62. The van der Waals surface area contributed by atoms with Crippen molar-refractivity contribution >= 4 is 29.0 Å². The Labute approximate surface area is 207 Å². The van der Waals surface area contributed by atoms with E-state index in [-0.39, 0.29) is 30.6 Å². The van der Waals surface area contributed by atoms with Crippen LogP contribution in [0, 0.1) is 28.6 Å². The van der Waals surface area contributed by atoms with Crippen molar-refractivity contribution in [3.05, 3.63) is 48.0 Å². The number of allylic oxidation sites excluding steroid dienone is 4. The predicted octanol–water partition coefficient (Wildman–Crippen LogP) is 4.63. The van der Waals surface area contributed by atoms with Crippen molar-refractivity contribution in [1.82, 2.24) is 0 Å². The number of carbonyl (C=O) groups is 2. The van der Waals surface area contributed by atoms with Crippen molar-refractivity contribution in [3.8, 4) is 0 Å². The summed E-state index contributed by atoms with van der Waals surface area (Å²) in [5.41, 5.74) is -6.68. The average Bonchev–Trinajstić information content (AvgIpc) is 3.39. The van der Waals surface area contributed by atoms with Crippen LogP contribution in [0.4, 0.5) is 8.78 Å². The van der Waals surface area contributed by atoms with Gasteiger partial charge in [-0.15, -0.1) is 0 Å². The van der Waals surface area contributed by atoms with Crippen LogP contribution in [-0.4, -0.2) is 50.6 Å². The molecule has 0 radical (unpaired) electrons. The number of rotatable bonds is 3. The highest BCUT2D eigenvalue weighted by Crippen LogP contribution is 2.71. The maximum absolute atomic E-state index is 17.3. The maximum atomic E-state index is 17.3. The topological polar surface area (TPSA) is 97.0 Å². The summed E-state index contributed by atoms with van der Waals surface area (Å²) >= 11 is 5.24. The molecule has 0 aliphatic heterocycles. The van der Waals surface area contributed by atoms with Gasteiger partial charge in [0.2, 0.25) is 10.8 Å². The number of ketones is 1. The molecular weight excluding hydrogens is 478 g/mol. The van der Waals surface area contributed by atoms with Crippen LogP contribution in [0.2, 0.25) is 0 Å². The Morgan fingerprint density at radius 1 is 1.29 bits per heavy atom. The van der Waals surface area contributed by atoms with E-state index in [0.29, 0.717) is 0 Å². The van der Waals surface area contributed by atoms with Crippen LogP contribution < -0.4 is 0 Å². The summed E-state index contributed by atoms with van der Waals surface area (Å²) in [6.45, 7) is 4.98. The molecule has 1 aromatic rings. The highest BCUT2D eigenvalue weighted by Gasteiger charge is 2.77. The predicted molar refractivity (Wildman–Crippen MR) is 125 cm³/mol. The second-order valence-corrected chi connectivity index (χ2v) is 11.3. The second kappa shape index (κ2) is 7.56. The number of furan rings is 1. The molecule has 2 N–H and O–H groups in total. The summed E-state index contributed by atoms with van der Waals surface area (Å²) in [4.78, 5) is 24.9. The quantitative estimate of drug-likeness (QED) is 0.456. The van der Waals surface area contributed by atoms with Gasteiger partial charge >= 0.3 is 5.97 Å². The van der Waals surface area contributed by atoms with Gasteiger partial charge in [0.25, 0.3) is 0 Å². The van der Waals surface area contributed by atoms with Gasteiger partial charge in [-0.2, -0.15) is 0 Å². The highest BCUT2D eigenvalue weighted by atomic mass is 32.1. The lowest BCUT2D eigenvalue weighted by atomic mass is 9.44. The Kier molecular flexibility index (Phi) is 5.25. The number of ether oxygens (including phenoxy) is 1. The van der Waals surface area contributed by atoms with Crippen molar-refractivity contribution in [2.24, 2.45) is 28.6 Å². The molecule has 1 aromatic heterocycles. The molecule has 6 nitrogen and oxygen atoms in total. The normalized spacial score (nSPS) is 46.3. The minimum absolute atomic E-state index is 0.0330. The van der Waals surface area contributed by atoms with Crippen molar-refractivity contribution in [2.75, 3.05) is 0 Å². The molecule has 4 aliphatic carbocycles. The van der Waals surface area contributed by atoms with Crippen LogP contribution in [0.15, 0.2) is 46.6 Å². The third-order valence-corrected chi connectivity index (χ3v) is 9.77. The summed E-state index contributed by atoms with van der Waals surface area (Å²) in [5.74, 6) is -3.45. The van der Waals surface area contributed by atoms with Gasteiger partial charge in [-0.25, -0.2) is 13.6 Å². The standard InChI is InChI=1S/C26H28F2O6S/c1-13-9-15-16-11-18(27)17-10-14(29)6-7-23(17,2)25(16,28)20(30)12-24(15,3)26(13,22(32)35)34-21(31)19-5-4-8-33-19/h4-8,10,13,15-16,18,20,30H,9,11-12H2,1-3H3,(H,32,35)/t13?,15-,16-,18?,20?,23-,24-,25+,26?/m0/s1. The average molecular weight is 507 g/mol. The molecule has 0 bridgehead atoms. The minimum Gasteiger partial charge on any atom is -0.499 e. The number of aliphatic hydroxyl groups is 2. The number of halogens is 2. The molecule has 0 amide bonds. The molecule has 4 aliphatic rings. The summed E-state index contributed by atoms with van der Waals surface area (Å²) in [7, 11) is 0. The van der Waals surface area contributed by atoms with E-state index in [2.05, 4.69) is 0 Å². The Morgan fingerprint density at radius 3 is 2.63 bits per heavy atom. The zero-order valence-corrected chi connectivity index (χ0v) is 20.5. The van der Waals surface area contributed by atoms with Gasteiger partial charge in [-0.1, -0.05) is 19.9 Å². The van der Waals surface area contributed by atoms with Crippen molar-refractivity contribution < 1.29 is 37.7 Å². The number of hydrogen-bond donors (Lipinski definition) is 2. The minimum atomic E-state index is -2.28. The van der Waals surface area contributed by atoms with E-state index in [0.717, 1.165) is 6.08 Å². The van der Waals surface area contributed by atoms with E-state index in [4.69, 9.17) is 21.4 Å². The third kappa shape index (κ3) is 2.85. The van der Waals surface area contributed by atoms with Crippen LogP contribution in [-0.2, 0) is 9.53 Å². The Morgan fingerprint density at radius 2 is 2.00 bits per heavy atom. The smallest absolute Gasteiger partial charge is 0.375 e. The first kappa shape index (κ1) is 24.3. The van der Waals surface area contributed by atoms with Crippen molar-refractivity contribution in [2.45, 2.75) is 63.6 Å². The van der Waals surface area contributed by atoms with Crippen LogP contribution in [0.5, 0.6) is 0 Å². The molecule has 5 rings (SSSR count). The van der Waals surface area contributed by atoms with Crippen LogP contribution in [0.1, 0.15) is 50.6 Å². The van der Waals surface area contributed by atoms with Crippen LogP contribution in [0.25, 0.3) is 0 Å². The molecule has 3 saturated carbocycles. The van der Waals surface area contributed by atoms with Gasteiger partial charge in [-0.05, 0) is 74.2 Å². The van der Waals surface area contributed by atoms with E-state index in [1.807, 2.05) is 0 Å². The fourth-order valence-electron chi connectivity index (χ4n) is 7.83. The molecule has 0 aromatic carbocycles. The Bertz CT molecular complexity index is 1160. The first-order chi connectivity index (χ1) is 16.3. The SMILES string of the molecule is CC1C[C@H]2[C@@H]3CC(F)C4=CC(=O)C=C[C@]4(C)[C@]3(F)C(O)C[C@]2(C)C1(OC(=O)c1ccco1)C(O)=S. The van der Waals surface area contributed by atoms with Gasteiger partial charge in [0, 0.05) is 22.7 Å². The second-order valence-electron chi connectivity index (χ2n) is 10.9. The lowest BCUT2D eigenvalue weighted by Crippen LogP contribution is -2.70. The number of aliphatic hydroxyl groups excluding tert-OH is 2. The van der Waals surface area contributed by atoms with Gasteiger partial charge in [0.05, 0.1) is 12.4 Å². The largest absolute Gasteiger partial charge is 0.499 e. The molecule has 4 unspecified atom stereocenters. The van der Waals surface area contributed by atoms with Gasteiger partial charge in [0.15, 0.2) is 17.1 Å². The van der Waals surface area contributed by atoms with E-state index in [1.165, 1.54) is 37.5 Å². The van der Waals surface area contributed by atoms with E-state index in [1.54, 1.807) is 13.8 Å². The third-order valence-electron chi connectivity index (χ3n) is 9.46. The molecular formula is C26H28F2O6S. The molecule has 9 atom stereocenters. The number of fused-ring (bicyclic) bond motifs is 5. The lowest BCUT2D eigenvalue weighted by Gasteiger charge is -2.63. The first-order valence-electron chi connectivity index (χ1n) is 11.8. The monoisotopic (exact) mass is 506 g/mol. The fourth-order valence-corrected chi connectivity index (χ4v) is 8.31. The number of hydrogen-bond acceptors (Lipinski definition) is 6. The molecule has 35 heavy (non-hydrogen) atoms. The highest BCUT2D eigenvalue weighted by molar-refractivity contribution is 7.80. The summed E-state index contributed by atoms with van der Waals surface area (Å²) in [6.07, 6.45) is 1.69. The zero-order valence-electron chi connectivity index (χ0n) is 19.7. The lowest BCUT2D eigenvalue weighted by molar-refractivity contribution is -0.215. The van der Waals surface area contributed by atoms with E-state index < -0.39 is 68.9 Å². The van der Waals surface area contributed by atoms with Crippen LogP contribution >= 0.6 is 12.2 Å². The molecule has 188 valence electrons. The molecule has 3 fully saturated rings. The summed E-state index contributed by atoms with van der Waals surface area (Å²) < 4.78 is 43.9. The van der Waals surface area contributed by atoms with E-state index in [9.17, 15) is 19.8 Å². The molecule has 0 saturated heterocycles. The number of esters is 1. The number of carbonyl (C=O) groups excluding carboxylic acids is 2. The van der Waals surface area contributed by atoms with Crippen LogP contribution in [0.3, 0.4) is 0 Å². The summed E-state index contributed by atoms with van der Waals surface area (Å²) in [5, 5.41) is 21.7. The first-order valence-corrected chi connectivity index (χ1v) is 12.2. The summed E-state index contributed by atoms with van der Waals surface area (Å²) in [6, 6.07) is 2.93. The van der Waals surface area contributed by atoms with Crippen molar-refractivity contribution in [3.63, 3.8) is 0 Å². The molecule has 0 spiro atoms.